The van der Waals surface area contributed by atoms with Crippen LogP contribution in [0, 0.1) is 10.1 Å². The molecule has 31 heavy (non-hydrogen) atoms. The summed E-state index contributed by atoms with van der Waals surface area (Å²) in [5.41, 5.74) is -0.0782. The molecule has 2 atom stereocenters. The van der Waals surface area contributed by atoms with Gasteiger partial charge < -0.3 is 5.11 Å². The van der Waals surface area contributed by atoms with E-state index in [1.165, 1.54) is 17.4 Å². The summed E-state index contributed by atoms with van der Waals surface area (Å²) in [4.78, 5) is 28.1. The summed E-state index contributed by atoms with van der Waals surface area (Å²) >= 11 is 13.3. The second-order valence-electron chi connectivity index (χ2n) is 6.90. The van der Waals surface area contributed by atoms with Crippen molar-refractivity contribution < 1.29 is 14.8 Å². The number of benzene rings is 2. The highest BCUT2D eigenvalue weighted by Gasteiger charge is 2.57. The molecule has 1 heterocycles. The van der Waals surface area contributed by atoms with Crippen LogP contribution >= 0.6 is 34.5 Å². The first-order valence-electron chi connectivity index (χ1n) is 9.08. The number of rotatable bonds is 5. The average molecular weight is 473 g/mol. The van der Waals surface area contributed by atoms with Crippen molar-refractivity contribution in [3.63, 3.8) is 0 Å². The number of carbonyl (C=O) groups is 1. The van der Waals surface area contributed by atoms with Crippen LogP contribution in [0.15, 0.2) is 72.1 Å². The summed E-state index contributed by atoms with van der Waals surface area (Å²) in [6.07, 6.45) is 4.42. The monoisotopic (exact) mass is 472 g/mol. The number of carboxylic acids is 1. The normalized spacial score (nSPS) is 20.3. The number of hydrogen-bond acceptors (Lipinski definition) is 5. The highest BCUT2D eigenvalue weighted by molar-refractivity contribution is 7.11. The Balaban J connectivity index is 1.78. The van der Waals surface area contributed by atoms with Gasteiger partial charge in [0.1, 0.15) is 5.01 Å². The van der Waals surface area contributed by atoms with E-state index in [0.717, 1.165) is 5.56 Å². The fourth-order valence-electron chi connectivity index (χ4n) is 3.51. The molecule has 0 aliphatic heterocycles. The molecule has 1 N–H and O–H groups in total. The van der Waals surface area contributed by atoms with Gasteiger partial charge in [-0.05, 0) is 17.7 Å². The smallest absolute Gasteiger partial charge is 0.387 e. The third-order valence-corrected chi connectivity index (χ3v) is 6.72. The third-order valence-electron chi connectivity index (χ3n) is 5.09. The lowest BCUT2D eigenvalue weighted by Crippen LogP contribution is -2.50. The number of aromatic nitrogens is 1. The first-order chi connectivity index (χ1) is 14.8. The van der Waals surface area contributed by atoms with Crippen molar-refractivity contribution in [2.45, 2.75) is 11.5 Å². The van der Waals surface area contributed by atoms with Gasteiger partial charge in [-0.2, -0.15) is 0 Å². The van der Waals surface area contributed by atoms with Gasteiger partial charge in [-0.3, -0.25) is 10.1 Å². The fourth-order valence-corrected chi connectivity index (χ4v) is 4.64. The summed E-state index contributed by atoms with van der Waals surface area (Å²) in [7, 11) is 0. The van der Waals surface area contributed by atoms with Crippen molar-refractivity contribution in [3.8, 4) is 11.3 Å². The number of nitrogens with zero attached hydrogens (tertiary/aromatic N) is 2. The van der Waals surface area contributed by atoms with Gasteiger partial charge in [-0.25, -0.2) is 9.78 Å². The van der Waals surface area contributed by atoms with Crippen molar-refractivity contribution >= 4 is 46.1 Å². The van der Waals surface area contributed by atoms with Crippen LogP contribution < -0.4 is 0 Å². The predicted molar refractivity (Wildman–Crippen MR) is 121 cm³/mol. The lowest BCUT2D eigenvalue weighted by Gasteiger charge is -2.28. The minimum absolute atomic E-state index is 0.377. The zero-order valence-corrected chi connectivity index (χ0v) is 18.1. The molecular formula is C22H14Cl2N2O4S. The van der Waals surface area contributed by atoms with E-state index >= 15 is 0 Å². The molecule has 3 aromatic rings. The molecule has 4 rings (SSSR count). The molecule has 0 fully saturated rings. The molecule has 1 aliphatic carbocycles. The first-order valence-corrected chi connectivity index (χ1v) is 10.7. The fraction of sp³-hybridized carbons (Fsp3) is 0.0909. The van der Waals surface area contributed by atoms with E-state index in [9.17, 15) is 20.0 Å². The molecular weight excluding hydrogens is 459 g/mol. The highest BCUT2D eigenvalue weighted by Crippen LogP contribution is 2.41. The van der Waals surface area contributed by atoms with Crippen molar-refractivity contribution in [2.75, 3.05) is 0 Å². The van der Waals surface area contributed by atoms with Crippen LogP contribution in [-0.4, -0.2) is 26.5 Å². The summed E-state index contributed by atoms with van der Waals surface area (Å²) < 4.78 is 0. The van der Waals surface area contributed by atoms with Gasteiger partial charge in [0.05, 0.1) is 21.7 Å². The Morgan fingerprint density at radius 3 is 2.55 bits per heavy atom. The summed E-state index contributed by atoms with van der Waals surface area (Å²) in [6, 6.07) is 13.7. The van der Waals surface area contributed by atoms with Crippen molar-refractivity contribution in [3.05, 3.63) is 103 Å². The molecule has 2 unspecified atom stereocenters. The van der Waals surface area contributed by atoms with Gasteiger partial charge in [-0.1, -0.05) is 71.8 Å². The summed E-state index contributed by atoms with van der Waals surface area (Å²) in [5.74, 6) is -2.49. The van der Waals surface area contributed by atoms with Gasteiger partial charge in [0, 0.05) is 27.5 Å². The Kier molecular flexibility index (Phi) is 5.66. The SMILES string of the molecule is O=C(O)C1([N+](=O)[O-])C=C(c2nc(-c3ccc(Cl)c(Cl)c3)cs2)C=CC1c1ccccc1. The molecule has 1 aliphatic rings. The Morgan fingerprint density at radius 2 is 1.90 bits per heavy atom. The van der Waals surface area contributed by atoms with E-state index in [4.69, 9.17) is 23.2 Å². The van der Waals surface area contributed by atoms with E-state index in [1.54, 1.807) is 66.1 Å². The minimum Gasteiger partial charge on any atom is -0.476 e. The van der Waals surface area contributed by atoms with Crippen LogP contribution in [0.4, 0.5) is 0 Å². The second-order valence-corrected chi connectivity index (χ2v) is 8.57. The Morgan fingerprint density at radius 1 is 1.16 bits per heavy atom. The largest absolute Gasteiger partial charge is 0.476 e. The Labute approximate surface area is 191 Å². The molecule has 0 radical (unpaired) electrons. The number of allylic oxidation sites excluding steroid dienone is 2. The maximum Gasteiger partial charge on any atom is 0.387 e. The third kappa shape index (κ3) is 3.76. The van der Waals surface area contributed by atoms with Crippen LogP contribution in [-0.2, 0) is 4.79 Å². The molecule has 9 heteroatoms. The van der Waals surface area contributed by atoms with Gasteiger partial charge in [0.15, 0.2) is 0 Å². The molecule has 2 aromatic carbocycles. The van der Waals surface area contributed by atoms with Gasteiger partial charge >= 0.3 is 11.5 Å². The lowest BCUT2D eigenvalue weighted by molar-refractivity contribution is -0.543. The molecule has 0 saturated carbocycles. The molecule has 0 spiro atoms. The standard InChI is InChI=1S/C22H14Cl2N2O4S/c23-17-9-7-14(10-18(17)24)19-12-31-20(25-19)15-6-8-16(13-4-2-1-3-5-13)22(11-15,21(27)28)26(29)30/h1-12,16H,(H,27,28). The number of carboxylic acid groups (broad SMARTS) is 1. The van der Waals surface area contributed by atoms with Crippen LogP contribution in [0.5, 0.6) is 0 Å². The molecule has 156 valence electrons. The van der Waals surface area contributed by atoms with Crippen molar-refractivity contribution in [2.24, 2.45) is 0 Å². The quantitative estimate of drug-likeness (QED) is 0.365. The van der Waals surface area contributed by atoms with Crippen molar-refractivity contribution in [1.29, 1.82) is 0 Å². The van der Waals surface area contributed by atoms with Crippen LogP contribution in [0.1, 0.15) is 16.5 Å². The maximum absolute atomic E-state index is 12.2. The Hall–Kier alpha value is -3.00. The first kappa shape index (κ1) is 21.2. The van der Waals surface area contributed by atoms with Gasteiger partial charge in [-0.15, -0.1) is 11.3 Å². The summed E-state index contributed by atoms with van der Waals surface area (Å²) in [5, 5.41) is 25.1. The van der Waals surface area contributed by atoms with E-state index in [2.05, 4.69) is 4.98 Å². The maximum atomic E-state index is 12.2. The molecule has 0 saturated heterocycles. The average Bonchev–Trinajstić information content (AvgIpc) is 3.26. The molecule has 0 bridgehead atoms. The van der Waals surface area contributed by atoms with Crippen LogP contribution in [0.25, 0.3) is 16.8 Å². The van der Waals surface area contributed by atoms with Crippen LogP contribution in [0.3, 0.4) is 0 Å². The minimum atomic E-state index is -2.35. The highest BCUT2D eigenvalue weighted by atomic mass is 35.5. The van der Waals surface area contributed by atoms with Gasteiger partial charge in [0.25, 0.3) is 0 Å². The van der Waals surface area contributed by atoms with E-state index < -0.39 is 22.3 Å². The zero-order chi connectivity index (χ0) is 22.2. The number of nitro groups is 1. The molecule has 6 nitrogen and oxygen atoms in total. The number of hydrogen-bond donors (Lipinski definition) is 1. The lowest BCUT2D eigenvalue weighted by atomic mass is 9.75. The number of halogens is 2. The molecule has 0 amide bonds. The number of thiazole rings is 1. The van der Waals surface area contributed by atoms with E-state index in [0.29, 0.717) is 31.9 Å². The Bertz CT molecular complexity index is 1220. The topological polar surface area (TPSA) is 93.3 Å². The molecule has 1 aromatic heterocycles. The zero-order valence-electron chi connectivity index (χ0n) is 15.7. The summed E-state index contributed by atoms with van der Waals surface area (Å²) in [6.45, 7) is 0. The van der Waals surface area contributed by atoms with Gasteiger partial charge in [0.2, 0.25) is 0 Å². The number of aliphatic carboxylic acids is 1. The van der Waals surface area contributed by atoms with E-state index in [-0.39, 0.29) is 0 Å². The van der Waals surface area contributed by atoms with Crippen molar-refractivity contribution in [1.82, 2.24) is 4.98 Å². The second kappa shape index (κ2) is 8.26. The van der Waals surface area contributed by atoms with E-state index in [1.807, 2.05) is 0 Å². The predicted octanol–water partition coefficient (Wildman–Crippen LogP) is 5.95. The van der Waals surface area contributed by atoms with Crippen LogP contribution in [0.2, 0.25) is 10.0 Å².